The van der Waals surface area contributed by atoms with E-state index in [9.17, 15) is 4.79 Å². The standard InChI is InChI=1S/C9H11BrN2O2/c1-2-3-14-9(13)12-8-4-7(10)5-11-6-8/h4-6H,2-3H2,1H3,(H,12,13). The molecule has 1 amide bonds. The van der Waals surface area contributed by atoms with E-state index in [2.05, 4.69) is 26.2 Å². The molecule has 0 aromatic carbocycles. The van der Waals surface area contributed by atoms with Crippen molar-refractivity contribution in [3.8, 4) is 0 Å². The number of ether oxygens (including phenoxy) is 1. The highest BCUT2D eigenvalue weighted by atomic mass is 79.9. The molecule has 0 aliphatic carbocycles. The smallest absolute Gasteiger partial charge is 0.411 e. The minimum atomic E-state index is -0.452. The summed E-state index contributed by atoms with van der Waals surface area (Å²) in [5.41, 5.74) is 0.612. The SMILES string of the molecule is CCCOC(=O)Nc1cncc(Br)c1. The van der Waals surface area contributed by atoms with Crippen molar-refractivity contribution in [1.29, 1.82) is 0 Å². The largest absolute Gasteiger partial charge is 0.449 e. The van der Waals surface area contributed by atoms with E-state index in [1.807, 2.05) is 6.92 Å². The van der Waals surface area contributed by atoms with E-state index in [1.54, 1.807) is 18.5 Å². The lowest BCUT2D eigenvalue weighted by Gasteiger charge is -2.05. The zero-order valence-corrected chi connectivity index (χ0v) is 9.37. The first-order valence-electron chi connectivity index (χ1n) is 4.26. The van der Waals surface area contributed by atoms with E-state index in [0.29, 0.717) is 12.3 Å². The summed E-state index contributed by atoms with van der Waals surface area (Å²) in [5, 5.41) is 2.56. The van der Waals surface area contributed by atoms with Crippen LogP contribution in [0.4, 0.5) is 10.5 Å². The highest BCUT2D eigenvalue weighted by molar-refractivity contribution is 9.10. The maximum absolute atomic E-state index is 11.1. The molecule has 4 nitrogen and oxygen atoms in total. The van der Waals surface area contributed by atoms with Crippen molar-refractivity contribution < 1.29 is 9.53 Å². The highest BCUT2D eigenvalue weighted by Gasteiger charge is 2.02. The van der Waals surface area contributed by atoms with E-state index in [4.69, 9.17) is 4.74 Å². The van der Waals surface area contributed by atoms with Crippen LogP contribution in [-0.4, -0.2) is 17.7 Å². The number of halogens is 1. The van der Waals surface area contributed by atoms with Crippen LogP contribution in [-0.2, 0) is 4.74 Å². The molecular weight excluding hydrogens is 248 g/mol. The number of amides is 1. The first-order chi connectivity index (χ1) is 6.72. The average Bonchev–Trinajstić information content (AvgIpc) is 2.15. The van der Waals surface area contributed by atoms with Gasteiger partial charge in [-0.25, -0.2) is 4.79 Å². The van der Waals surface area contributed by atoms with E-state index in [-0.39, 0.29) is 0 Å². The molecule has 1 heterocycles. The molecule has 0 saturated heterocycles. The molecule has 1 aromatic rings. The zero-order valence-electron chi connectivity index (χ0n) is 7.79. The van der Waals surface area contributed by atoms with Crippen LogP contribution in [0.3, 0.4) is 0 Å². The Morgan fingerprint density at radius 3 is 3.07 bits per heavy atom. The summed E-state index contributed by atoms with van der Waals surface area (Å²) in [4.78, 5) is 15.0. The van der Waals surface area contributed by atoms with E-state index in [1.165, 1.54) is 0 Å². The second-order valence-electron chi connectivity index (χ2n) is 2.65. The predicted molar refractivity (Wildman–Crippen MR) is 57.2 cm³/mol. The van der Waals surface area contributed by atoms with Gasteiger partial charge in [-0.3, -0.25) is 10.3 Å². The predicted octanol–water partition coefficient (Wildman–Crippen LogP) is 2.80. The van der Waals surface area contributed by atoms with Gasteiger partial charge >= 0.3 is 6.09 Å². The Morgan fingerprint density at radius 1 is 1.64 bits per heavy atom. The van der Waals surface area contributed by atoms with Crippen molar-refractivity contribution in [2.24, 2.45) is 0 Å². The minimum absolute atomic E-state index is 0.424. The highest BCUT2D eigenvalue weighted by Crippen LogP contribution is 2.13. The third-order valence-corrected chi connectivity index (χ3v) is 1.82. The first-order valence-corrected chi connectivity index (χ1v) is 5.06. The Hall–Kier alpha value is -1.10. The van der Waals surface area contributed by atoms with Crippen molar-refractivity contribution in [2.45, 2.75) is 13.3 Å². The van der Waals surface area contributed by atoms with Crippen LogP contribution in [0.2, 0.25) is 0 Å². The number of nitrogens with zero attached hydrogens (tertiary/aromatic N) is 1. The Morgan fingerprint density at radius 2 is 2.43 bits per heavy atom. The van der Waals surface area contributed by atoms with Gasteiger partial charge in [-0.15, -0.1) is 0 Å². The molecule has 5 heteroatoms. The number of hydrogen-bond acceptors (Lipinski definition) is 3. The van der Waals surface area contributed by atoms with Crippen LogP contribution in [0.5, 0.6) is 0 Å². The zero-order chi connectivity index (χ0) is 10.4. The number of anilines is 1. The van der Waals surface area contributed by atoms with Gasteiger partial charge < -0.3 is 4.74 Å². The van der Waals surface area contributed by atoms with Crippen molar-refractivity contribution in [2.75, 3.05) is 11.9 Å². The summed E-state index contributed by atoms with van der Waals surface area (Å²) in [5.74, 6) is 0. The molecule has 1 aromatic heterocycles. The van der Waals surface area contributed by atoms with Gasteiger partial charge in [0, 0.05) is 10.7 Å². The first kappa shape index (κ1) is 11.0. The Kier molecular flexibility index (Phi) is 4.39. The van der Waals surface area contributed by atoms with Gasteiger partial charge in [0.05, 0.1) is 18.5 Å². The number of carbonyl (C=O) groups is 1. The normalized spacial score (nSPS) is 9.57. The van der Waals surface area contributed by atoms with E-state index in [0.717, 1.165) is 10.9 Å². The Labute approximate surface area is 90.8 Å². The molecule has 0 saturated carbocycles. The molecule has 76 valence electrons. The maximum atomic E-state index is 11.1. The molecule has 0 atom stereocenters. The van der Waals surface area contributed by atoms with Gasteiger partial charge in [-0.2, -0.15) is 0 Å². The maximum Gasteiger partial charge on any atom is 0.411 e. The third kappa shape index (κ3) is 3.74. The summed E-state index contributed by atoms with van der Waals surface area (Å²) in [7, 11) is 0. The van der Waals surface area contributed by atoms with Gasteiger partial charge in [0.15, 0.2) is 0 Å². The van der Waals surface area contributed by atoms with Gasteiger partial charge in [-0.05, 0) is 28.4 Å². The second kappa shape index (κ2) is 5.59. The van der Waals surface area contributed by atoms with Crippen LogP contribution in [0, 0.1) is 0 Å². The average molecular weight is 259 g/mol. The molecule has 0 radical (unpaired) electrons. The molecule has 0 bridgehead atoms. The number of pyridine rings is 1. The monoisotopic (exact) mass is 258 g/mol. The summed E-state index contributed by atoms with van der Waals surface area (Å²) in [6.45, 7) is 2.36. The number of rotatable bonds is 3. The van der Waals surface area contributed by atoms with Crippen LogP contribution in [0.25, 0.3) is 0 Å². The number of carbonyl (C=O) groups excluding carboxylic acids is 1. The van der Waals surface area contributed by atoms with E-state index < -0.39 is 6.09 Å². The topological polar surface area (TPSA) is 51.2 Å². The lowest BCUT2D eigenvalue weighted by Crippen LogP contribution is -2.14. The van der Waals surface area contributed by atoms with Crippen molar-refractivity contribution >= 4 is 27.7 Å². The number of aromatic nitrogens is 1. The molecule has 1 N–H and O–H groups in total. The fraction of sp³-hybridized carbons (Fsp3) is 0.333. The van der Waals surface area contributed by atoms with Crippen LogP contribution in [0.15, 0.2) is 22.9 Å². The lowest BCUT2D eigenvalue weighted by atomic mass is 10.4. The quantitative estimate of drug-likeness (QED) is 0.907. The van der Waals surface area contributed by atoms with Crippen LogP contribution in [0.1, 0.15) is 13.3 Å². The Balaban J connectivity index is 2.47. The summed E-state index contributed by atoms with van der Waals surface area (Å²) >= 11 is 3.25. The molecule has 0 aliphatic rings. The number of hydrogen-bond donors (Lipinski definition) is 1. The molecule has 14 heavy (non-hydrogen) atoms. The van der Waals surface area contributed by atoms with E-state index >= 15 is 0 Å². The fourth-order valence-electron chi connectivity index (χ4n) is 0.829. The molecule has 0 fully saturated rings. The second-order valence-corrected chi connectivity index (χ2v) is 3.57. The summed E-state index contributed by atoms with van der Waals surface area (Å²) in [6.07, 6.45) is 3.55. The molecule has 1 rings (SSSR count). The minimum Gasteiger partial charge on any atom is -0.449 e. The third-order valence-electron chi connectivity index (χ3n) is 1.39. The van der Waals surface area contributed by atoms with Crippen LogP contribution < -0.4 is 5.32 Å². The van der Waals surface area contributed by atoms with Crippen molar-refractivity contribution in [3.05, 3.63) is 22.9 Å². The lowest BCUT2D eigenvalue weighted by molar-refractivity contribution is 0.161. The molecular formula is C9H11BrN2O2. The van der Waals surface area contributed by atoms with Crippen LogP contribution >= 0.6 is 15.9 Å². The van der Waals surface area contributed by atoms with Gasteiger partial charge in [0.1, 0.15) is 0 Å². The summed E-state index contributed by atoms with van der Waals surface area (Å²) < 4.78 is 5.65. The number of nitrogens with one attached hydrogen (secondary N) is 1. The summed E-state index contributed by atoms with van der Waals surface area (Å²) in [6, 6.07) is 1.75. The fourth-order valence-corrected chi connectivity index (χ4v) is 1.19. The van der Waals surface area contributed by atoms with Gasteiger partial charge in [0.2, 0.25) is 0 Å². The van der Waals surface area contributed by atoms with Crippen molar-refractivity contribution in [1.82, 2.24) is 4.98 Å². The van der Waals surface area contributed by atoms with Gasteiger partial charge in [-0.1, -0.05) is 6.92 Å². The molecule has 0 unspecified atom stereocenters. The van der Waals surface area contributed by atoms with Gasteiger partial charge in [0.25, 0.3) is 0 Å². The molecule has 0 aliphatic heterocycles. The molecule has 0 spiro atoms. The van der Waals surface area contributed by atoms with Crippen molar-refractivity contribution in [3.63, 3.8) is 0 Å². The Bertz CT molecular complexity index is 317.